The fraction of sp³-hybridized carbons (Fsp3) is 0.333. The summed E-state index contributed by atoms with van der Waals surface area (Å²) in [5, 5.41) is 3.16. The Morgan fingerprint density at radius 2 is 1.74 bits per heavy atom. The average Bonchev–Trinajstić information content (AvgIpc) is 3.34. The number of ether oxygens (including phenoxy) is 3. The van der Waals surface area contributed by atoms with Gasteiger partial charge in [-0.25, -0.2) is 0 Å². The van der Waals surface area contributed by atoms with E-state index in [-0.39, 0.29) is 24.3 Å². The van der Waals surface area contributed by atoms with Crippen molar-refractivity contribution < 1.29 is 23.8 Å². The van der Waals surface area contributed by atoms with Crippen LogP contribution in [0.1, 0.15) is 38.7 Å². The molecule has 2 aromatic carbocycles. The normalized spacial score (nSPS) is 15.1. The number of nitrogens with one attached hydrogen (secondary N) is 1. The molecular weight excluding hydrogens is 396 g/mol. The number of hydrogen-bond acceptors (Lipinski definition) is 6. The Kier molecular flexibility index (Phi) is 6.11. The molecule has 7 heteroatoms. The van der Waals surface area contributed by atoms with Gasteiger partial charge >= 0.3 is 0 Å². The van der Waals surface area contributed by atoms with Crippen molar-refractivity contribution in [1.82, 2.24) is 4.90 Å². The number of fused-ring (bicyclic) bond motifs is 1. The van der Waals surface area contributed by atoms with Crippen LogP contribution in [0.4, 0.5) is 5.69 Å². The molecule has 0 aliphatic carbocycles. The van der Waals surface area contributed by atoms with Crippen LogP contribution in [-0.2, 0) is 9.59 Å². The van der Waals surface area contributed by atoms with Crippen LogP contribution in [0.2, 0.25) is 0 Å². The predicted molar refractivity (Wildman–Crippen MR) is 117 cm³/mol. The molecule has 1 N–H and O–H groups in total. The Balaban J connectivity index is 1.67. The molecule has 0 aromatic heterocycles. The largest absolute Gasteiger partial charge is 0.494 e. The molecule has 2 aliphatic rings. The number of carbonyl (C=O) groups excluding carboxylic acids is 2. The lowest BCUT2D eigenvalue weighted by molar-refractivity contribution is -0.136. The maximum atomic E-state index is 13.2. The second-order valence-electron chi connectivity index (χ2n) is 7.43. The van der Waals surface area contributed by atoms with E-state index in [1.165, 1.54) is 4.90 Å². The van der Waals surface area contributed by atoms with Gasteiger partial charge in [-0.2, -0.15) is 0 Å². The molecular formula is C24H26N2O5. The van der Waals surface area contributed by atoms with Crippen molar-refractivity contribution in [3.05, 3.63) is 53.7 Å². The average molecular weight is 422 g/mol. The summed E-state index contributed by atoms with van der Waals surface area (Å²) < 4.78 is 16.4. The van der Waals surface area contributed by atoms with E-state index in [9.17, 15) is 9.59 Å². The maximum absolute atomic E-state index is 13.2. The molecule has 0 bridgehead atoms. The Hall–Kier alpha value is -3.48. The molecule has 0 saturated carbocycles. The van der Waals surface area contributed by atoms with Gasteiger partial charge in [0.05, 0.1) is 12.2 Å². The van der Waals surface area contributed by atoms with Gasteiger partial charge in [0, 0.05) is 18.3 Å². The van der Waals surface area contributed by atoms with E-state index < -0.39 is 0 Å². The molecule has 0 fully saturated rings. The van der Waals surface area contributed by atoms with Crippen LogP contribution in [0, 0.1) is 0 Å². The first-order valence-corrected chi connectivity index (χ1v) is 10.6. The first-order valence-electron chi connectivity index (χ1n) is 10.6. The highest BCUT2D eigenvalue weighted by Crippen LogP contribution is 2.36. The van der Waals surface area contributed by atoms with Crippen molar-refractivity contribution in [1.29, 1.82) is 0 Å². The van der Waals surface area contributed by atoms with E-state index in [0.717, 1.165) is 25.0 Å². The van der Waals surface area contributed by atoms with Crippen molar-refractivity contribution in [2.45, 2.75) is 33.1 Å². The van der Waals surface area contributed by atoms with E-state index in [1.54, 1.807) is 18.2 Å². The summed E-state index contributed by atoms with van der Waals surface area (Å²) in [7, 11) is 0. The summed E-state index contributed by atoms with van der Waals surface area (Å²) >= 11 is 0. The number of hydrogen-bond donors (Lipinski definition) is 1. The van der Waals surface area contributed by atoms with Crippen LogP contribution >= 0.6 is 0 Å². The van der Waals surface area contributed by atoms with Crippen LogP contribution in [0.25, 0.3) is 5.57 Å². The summed E-state index contributed by atoms with van der Waals surface area (Å²) in [4.78, 5) is 27.7. The third kappa shape index (κ3) is 4.21. The highest BCUT2D eigenvalue weighted by atomic mass is 16.7. The van der Waals surface area contributed by atoms with Gasteiger partial charge in [0.1, 0.15) is 11.4 Å². The first kappa shape index (κ1) is 20.8. The van der Waals surface area contributed by atoms with Gasteiger partial charge in [0.25, 0.3) is 11.8 Å². The number of amides is 2. The summed E-state index contributed by atoms with van der Waals surface area (Å²) in [5.41, 5.74) is 1.95. The van der Waals surface area contributed by atoms with Crippen LogP contribution < -0.4 is 19.5 Å². The monoisotopic (exact) mass is 422 g/mol. The number of anilines is 1. The van der Waals surface area contributed by atoms with Crippen LogP contribution in [0.5, 0.6) is 17.2 Å². The molecule has 2 amide bonds. The van der Waals surface area contributed by atoms with Gasteiger partial charge in [0.2, 0.25) is 6.79 Å². The van der Waals surface area contributed by atoms with Gasteiger partial charge in [-0.3, -0.25) is 14.5 Å². The van der Waals surface area contributed by atoms with Crippen molar-refractivity contribution in [3.8, 4) is 17.2 Å². The smallest absolute Gasteiger partial charge is 0.278 e. The predicted octanol–water partition coefficient (Wildman–Crippen LogP) is 4.20. The maximum Gasteiger partial charge on any atom is 0.278 e. The number of carbonyl (C=O) groups is 2. The van der Waals surface area contributed by atoms with E-state index in [1.807, 2.05) is 38.1 Å². The minimum absolute atomic E-state index is 0.168. The van der Waals surface area contributed by atoms with Gasteiger partial charge in [-0.05, 0) is 42.7 Å². The minimum atomic E-state index is -0.322. The molecule has 0 atom stereocenters. The first-order chi connectivity index (χ1) is 15.1. The number of nitrogens with zero attached hydrogens (tertiary/aromatic N) is 1. The van der Waals surface area contributed by atoms with E-state index in [0.29, 0.717) is 41.5 Å². The fourth-order valence-electron chi connectivity index (χ4n) is 3.54. The molecule has 31 heavy (non-hydrogen) atoms. The summed E-state index contributed by atoms with van der Waals surface area (Å²) in [5.74, 6) is 1.38. The van der Waals surface area contributed by atoms with Gasteiger partial charge in [0.15, 0.2) is 11.5 Å². The van der Waals surface area contributed by atoms with Crippen LogP contribution in [-0.4, -0.2) is 36.7 Å². The molecule has 0 radical (unpaired) electrons. The lowest BCUT2D eigenvalue weighted by Crippen LogP contribution is -2.33. The fourth-order valence-corrected chi connectivity index (χ4v) is 3.54. The molecule has 162 valence electrons. The van der Waals surface area contributed by atoms with Crippen molar-refractivity contribution >= 4 is 23.1 Å². The van der Waals surface area contributed by atoms with E-state index in [2.05, 4.69) is 5.32 Å². The third-order valence-electron chi connectivity index (χ3n) is 5.16. The van der Waals surface area contributed by atoms with Gasteiger partial charge in [-0.1, -0.05) is 32.4 Å². The van der Waals surface area contributed by atoms with E-state index in [4.69, 9.17) is 14.2 Å². The van der Waals surface area contributed by atoms with Crippen molar-refractivity contribution in [2.24, 2.45) is 0 Å². The highest BCUT2D eigenvalue weighted by molar-refractivity contribution is 6.36. The molecule has 7 nitrogen and oxygen atoms in total. The van der Waals surface area contributed by atoms with Crippen molar-refractivity contribution in [3.63, 3.8) is 0 Å². The van der Waals surface area contributed by atoms with Crippen molar-refractivity contribution in [2.75, 3.05) is 25.3 Å². The third-order valence-corrected chi connectivity index (χ3v) is 5.16. The molecule has 0 spiro atoms. The second-order valence-corrected chi connectivity index (χ2v) is 7.43. The Labute approximate surface area is 181 Å². The zero-order valence-electron chi connectivity index (χ0n) is 17.8. The minimum Gasteiger partial charge on any atom is -0.494 e. The number of unbranched alkanes of at least 4 members (excludes halogenated alkanes) is 1. The topological polar surface area (TPSA) is 77.1 Å². The Morgan fingerprint density at radius 3 is 2.48 bits per heavy atom. The summed E-state index contributed by atoms with van der Waals surface area (Å²) in [6.45, 7) is 5.26. The zero-order chi connectivity index (χ0) is 21.8. The van der Waals surface area contributed by atoms with Crippen LogP contribution in [0.15, 0.2) is 48.2 Å². The summed E-state index contributed by atoms with van der Waals surface area (Å²) in [6.07, 6.45) is 2.56. The van der Waals surface area contributed by atoms with Crippen LogP contribution in [0.3, 0.4) is 0 Å². The molecule has 0 saturated heterocycles. The molecule has 2 heterocycles. The molecule has 2 aliphatic heterocycles. The zero-order valence-corrected chi connectivity index (χ0v) is 17.8. The Morgan fingerprint density at radius 1 is 0.968 bits per heavy atom. The number of imide groups is 1. The standard InChI is InChI=1S/C24H26N2O5/c1-3-5-12-26-23(27)21(16-6-9-18(10-7-16)29-13-4-2)22(24(26)28)25-17-8-11-19-20(14-17)31-15-30-19/h6-11,14,25H,3-5,12-13,15H2,1-2H3. The molecule has 2 aromatic rings. The number of benzene rings is 2. The van der Waals surface area contributed by atoms with Gasteiger partial charge < -0.3 is 19.5 Å². The molecule has 0 unspecified atom stereocenters. The SMILES string of the molecule is CCCCN1C(=O)C(Nc2ccc3c(c2)OCO3)=C(c2ccc(OCCC)cc2)C1=O. The summed E-state index contributed by atoms with van der Waals surface area (Å²) in [6, 6.07) is 12.6. The highest BCUT2D eigenvalue weighted by Gasteiger charge is 2.38. The lowest BCUT2D eigenvalue weighted by Gasteiger charge is -2.14. The molecule has 4 rings (SSSR count). The quantitative estimate of drug-likeness (QED) is 0.611. The van der Waals surface area contributed by atoms with E-state index >= 15 is 0 Å². The lowest BCUT2D eigenvalue weighted by atomic mass is 10.0. The number of rotatable bonds is 9. The second kappa shape index (κ2) is 9.12. The Bertz CT molecular complexity index is 1010. The van der Waals surface area contributed by atoms with Gasteiger partial charge in [-0.15, -0.1) is 0 Å².